The highest BCUT2D eigenvalue weighted by atomic mass is 16.5. The molecule has 0 aliphatic rings. The van der Waals surface area contributed by atoms with E-state index in [2.05, 4.69) is 10.0 Å². The fraction of sp³-hybridized carbons (Fsp3) is 0.222. The summed E-state index contributed by atoms with van der Waals surface area (Å²) in [5.41, 5.74) is 10.3. The van der Waals surface area contributed by atoms with Gasteiger partial charge in [0.05, 0.1) is 6.61 Å². The number of benzene rings is 2. The Labute approximate surface area is 135 Å². The van der Waals surface area contributed by atoms with Crippen LogP contribution in [0.25, 0.3) is 16.5 Å². The van der Waals surface area contributed by atoms with E-state index in [1.807, 2.05) is 61.5 Å². The molecule has 23 heavy (non-hydrogen) atoms. The first kappa shape index (κ1) is 16.5. The van der Waals surface area contributed by atoms with E-state index in [0.717, 1.165) is 11.1 Å². The van der Waals surface area contributed by atoms with Gasteiger partial charge in [-0.3, -0.25) is 0 Å². The van der Waals surface area contributed by atoms with Crippen molar-refractivity contribution in [3.8, 4) is 11.5 Å². The summed E-state index contributed by atoms with van der Waals surface area (Å²) < 4.78 is 11.5. The van der Waals surface area contributed by atoms with Crippen LogP contribution in [0.5, 0.6) is 11.5 Å². The van der Waals surface area contributed by atoms with Gasteiger partial charge in [0.2, 0.25) is 0 Å². The van der Waals surface area contributed by atoms with Crippen LogP contribution in [0.3, 0.4) is 0 Å². The molecule has 2 aromatic rings. The second-order valence-corrected chi connectivity index (χ2v) is 4.73. The van der Waals surface area contributed by atoms with Gasteiger partial charge in [-0.1, -0.05) is 53.7 Å². The van der Waals surface area contributed by atoms with Gasteiger partial charge in [0.15, 0.2) is 11.5 Å². The molecule has 2 rings (SSSR count). The van der Waals surface area contributed by atoms with E-state index in [9.17, 15) is 0 Å². The van der Waals surface area contributed by atoms with Crippen molar-refractivity contribution in [3.05, 3.63) is 76.2 Å². The molecule has 0 heterocycles. The van der Waals surface area contributed by atoms with Crippen molar-refractivity contribution in [2.45, 2.75) is 13.5 Å². The monoisotopic (exact) mass is 309 g/mol. The molecular weight excluding hydrogens is 290 g/mol. The molecule has 5 heteroatoms. The van der Waals surface area contributed by atoms with Crippen LogP contribution in [0, 0.1) is 0 Å². The summed E-state index contributed by atoms with van der Waals surface area (Å²) in [6, 6.07) is 15.7. The Balaban J connectivity index is 2.09. The maximum atomic E-state index is 8.25. The van der Waals surface area contributed by atoms with Crippen LogP contribution in [-0.4, -0.2) is 13.2 Å². The minimum atomic E-state index is 0.326. The molecule has 0 atom stereocenters. The maximum Gasteiger partial charge on any atom is 0.161 e. The molecule has 5 nitrogen and oxygen atoms in total. The van der Waals surface area contributed by atoms with Crippen molar-refractivity contribution in [1.29, 1.82) is 0 Å². The van der Waals surface area contributed by atoms with E-state index in [1.165, 1.54) is 0 Å². The summed E-state index contributed by atoms with van der Waals surface area (Å²) in [4.78, 5) is 2.71. The summed E-state index contributed by atoms with van der Waals surface area (Å²) in [6.45, 7) is 3.32. The van der Waals surface area contributed by atoms with Crippen LogP contribution >= 0.6 is 0 Å². The highest BCUT2D eigenvalue weighted by Crippen LogP contribution is 2.29. The van der Waals surface area contributed by atoms with Crippen LogP contribution < -0.4 is 9.47 Å². The van der Waals surface area contributed by atoms with Crippen molar-refractivity contribution >= 4 is 6.08 Å². The fourth-order valence-corrected chi connectivity index (χ4v) is 2.02. The Morgan fingerprint density at radius 2 is 1.91 bits per heavy atom. The zero-order valence-electron chi connectivity index (χ0n) is 13.1. The number of hydrogen-bond donors (Lipinski definition) is 0. The number of ether oxygens (including phenoxy) is 2. The maximum absolute atomic E-state index is 8.25. The first-order valence-electron chi connectivity index (χ1n) is 7.44. The van der Waals surface area contributed by atoms with Crippen molar-refractivity contribution in [1.82, 2.24) is 0 Å². The van der Waals surface area contributed by atoms with Gasteiger partial charge in [-0.05, 0) is 35.7 Å². The second kappa shape index (κ2) is 9.18. The molecule has 0 saturated carbocycles. The lowest BCUT2D eigenvalue weighted by atomic mass is 10.2. The molecule has 0 radical (unpaired) electrons. The molecule has 2 aromatic carbocycles. The van der Waals surface area contributed by atoms with E-state index < -0.39 is 0 Å². The molecule has 0 unspecified atom stereocenters. The average Bonchev–Trinajstić information content (AvgIpc) is 2.59. The van der Waals surface area contributed by atoms with Crippen LogP contribution in [0.15, 0.2) is 59.7 Å². The lowest BCUT2D eigenvalue weighted by Crippen LogP contribution is -1.99. The van der Waals surface area contributed by atoms with Gasteiger partial charge < -0.3 is 9.47 Å². The summed E-state index contributed by atoms with van der Waals surface area (Å²) in [7, 11) is 0. The van der Waals surface area contributed by atoms with Gasteiger partial charge in [0.1, 0.15) is 6.61 Å². The molecule has 0 N–H and O–H groups in total. The molecule has 0 amide bonds. The van der Waals surface area contributed by atoms with Crippen LogP contribution in [0.4, 0.5) is 0 Å². The first-order valence-corrected chi connectivity index (χ1v) is 7.44. The van der Waals surface area contributed by atoms with Gasteiger partial charge in [0, 0.05) is 11.5 Å². The minimum Gasteiger partial charge on any atom is -0.490 e. The predicted molar refractivity (Wildman–Crippen MR) is 91.4 cm³/mol. The molecule has 0 aliphatic carbocycles. The SMILES string of the molecule is CCOc1cc(C=CCN=[N+]=[N-])ccc1OCc1ccccc1. The summed E-state index contributed by atoms with van der Waals surface area (Å²) in [5.74, 6) is 1.41. The topological polar surface area (TPSA) is 67.2 Å². The molecule has 0 fully saturated rings. The molecule has 118 valence electrons. The average molecular weight is 309 g/mol. The summed E-state index contributed by atoms with van der Waals surface area (Å²) in [6.07, 6.45) is 3.69. The largest absolute Gasteiger partial charge is 0.490 e. The molecular formula is C18H19N3O2. The van der Waals surface area contributed by atoms with E-state index in [4.69, 9.17) is 15.0 Å². The van der Waals surface area contributed by atoms with Gasteiger partial charge in [-0.2, -0.15) is 0 Å². The van der Waals surface area contributed by atoms with Crippen molar-refractivity contribution in [3.63, 3.8) is 0 Å². The Kier molecular flexibility index (Phi) is 6.57. The molecule has 0 bridgehead atoms. The Morgan fingerprint density at radius 1 is 1.09 bits per heavy atom. The van der Waals surface area contributed by atoms with E-state index in [0.29, 0.717) is 31.3 Å². The molecule has 0 spiro atoms. The quantitative estimate of drug-likeness (QED) is 0.392. The number of hydrogen-bond acceptors (Lipinski definition) is 3. The second-order valence-electron chi connectivity index (χ2n) is 4.73. The molecule has 0 aliphatic heterocycles. The standard InChI is InChI=1S/C18H19N3O2/c1-2-22-18-13-15(9-6-12-20-21-19)10-11-17(18)23-14-16-7-4-3-5-8-16/h3-11,13H,2,12,14H2,1H3. The smallest absolute Gasteiger partial charge is 0.161 e. The summed E-state index contributed by atoms with van der Waals surface area (Å²) >= 11 is 0. The highest BCUT2D eigenvalue weighted by Gasteiger charge is 2.06. The van der Waals surface area contributed by atoms with Crippen molar-refractivity contribution in [2.75, 3.05) is 13.2 Å². The fourth-order valence-electron chi connectivity index (χ4n) is 2.02. The van der Waals surface area contributed by atoms with Crippen molar-refractivity contribution in [2.24, 2.45) is 5.11 Å². The normalized spacial score (nSPS) is 10.3. The molecule has 0 saturated heterocycles. The van der Waals surface area contributed by atoms with Crippen LogP contribution in [-0.2, 0) is 6.61 Å². The third kappa shape index (κ3) is 5.41. The zero-order valence-corrected chi connectivity index (χ0v) is 13.1. The van der Waals surface area contributed by atoms with E-state index in [1.54, 1.807) is 6.08 Å². The first-order chi connectivity index (χ1) is 11.3. The predicted octanol–water partition coefficient (Wildman–Crippen LogP) is 4.99. The molecule has 0 aromatic heterocycles. The number of azide groups is 1. The third-order valence-corrected chi connectivity index (χ3v) is 3.07. The summed E-state index contributed by atoms with van der Waals surface area (Å²) in [5, 5.41) is 3.46. The Morgan fingerprint density at radius 3 is 2.65 bits per heavy atom. The number of rotatable bonds is 8. The third-order valence-electron chi connectivity index (χ3n) is 3.07. The van der Waals surface area contributed by atoms with E-state index in [-0.39, 0.29) is 0 Å². The van der Waals surface area contributed by atoms with Crippen molar-refractivity contribution < 1.29 is 9.47 Å². The van der Waals surface area contributed by atoms with Gasteiger partial charge >= 0.3 is 0 Å². The van der Waals surface area contributed by atoms with Crippen LogP contribution in [0.2, 0.25) is 0 Å². The lowest BCUT2D eigenvalue weighted by Gasteiger charge is -2.12. The Bertz CT molecular complexity index is 693. The number of nitrogens with zero attached hydrogens (tertiary/aromatic N) is 3. The van der Waals surface area contributed by atoms with Gasteiger partial charge in [-0.15, -0.1) is 0 Å². The highest BCUT2D eigenvalue weighted by molar-refractivity contribution is 5.56. The van der Waals surface area contributed by atoms with Gasteiger partial charge in [0.25, 0.3) is 0 Å². The van der Waals surface area contributed by atoms with Crippen LogP contribution in [0.1, 0.15) is 18.1 Å². The van der Waals surface area contributed by atoms with E-state index >= 15 is 0 Å². The lowest BCUT2D eigenvalue weighted by molar-refractivity contribution is 0.269. The minimum absolute atomic E-state index is 0.326. The van der Waals surface area contributed by atoms with Gasteiger partial charge in [-0.25, -0.2) is 0 Å². The Hall–Kier alpha value is -2.91. The zero-order chi connectivity index (χ0) is 16.3.